The Morgan fingerprint density at radius 2 is 1.84 bits per heavy atom. The highest BCUT2D eigenvalue weighted by Gasteiger charge is 2.20. The number of carbonyl (C=O) groups is 1. The lowest BCUT2D eigenvalue weighted by atomic mass is 10.0. The smallest absolute Gasteiger partial charge is 0.411 e. The Kier molecular flexibility index (Phi) is 6.68. The average molecular weight is 451 g/mol. The van der Waals surface area contributed by atoms with Crippen molar-refractivity contribution >= 4 is 40.6 Å². The van der Waals surface area contributed by atoms with Gasteiger partial charge in [0.15, 0.2) is 5.82 Å². The molecule has 7 nitrogen and oxygen atoms in total. The number of nitrogens with one attached hydrogen (secondary N) is 2. The summed E-state index contributed by atoms with van der Waals surface area (Å²) in [4.78, 5) is 21.2. The molecule has 164 valence electrons. The van der Waals surface area contributed by atoms with Crippen LogP contribution in [0.4, 0.5) is 22.0 Å². The Morgan fingerprint density at radius 3 is 2.59 bits per heavy atom. The average Bonchev–Trinajstić information content (AvgIpc) is 3.24. The molecule has 4 rings (SSSR count). The molecule has 2 heterocycles. The largest absolute Gasteiger partial charge is 0.447 e. The minimum Gasteiger partial charge on any atom is -0.447 e. The van der Waals surface area contributed by atoms with Crippen LogP contribution in [0.1, 0.15) is 11.1 Å². The molecular weight excluding hydrogens is 428 g/mol. The molecule has 0 atom stereocenters. The van der Waals surface area contributed by atoms with Crippen LogP contribution in [0.25, 0.3) is 11.1 Å². The summed E-state index contributed by atoms with van der Waals surface area (Å²) in [5.41, 5.74) is 6.33. The second-order valence-corrected chi connectivity index (χ2v) is 7.62. The van der Waals surface area contributed by atoms with Crippen LogP contribution >= 0.6 is 11.6 Å². The van der Waals surface area contributed by atoms with E-state index >= 15 is 0 Å². The predicted molar refractivity (Wildman–Crippen MR) is 127 cm³/mol. The summed E-state index contributed by atoms with van der Waals surface area (Å²) in [6, 6.07) is 15.5. The van der Waals surface area contributed by atoms with Crippen molar-refractivity contribution in [1.82, 2.24) is 4.98 Å². The van der Waals surface area contributed by atoms with E-state index in [0.29, 0.717) is 29.6 Å². The van der Waals surface area contributed by atoms with Gasteiger partial charge in [0, 0.05) is 59.9 Å². The van der Waals surface area contributed by atoms with Gasteiger partial charge in [-0.2, -0.15) is 0 Å². The number of fused-ring (bicyclic) bond motifs is 1. The van der Waals surface area contributed by atoms with Gasteiger partial charge in [-0.3, -0.25) is 5.32 Å². The van der Waals surface area contributed by atoms with Crippen LogP contribution in [0.2, 0.25) is 5.02 Å². The molecule has 0 spiro atoms. The number of pyridine rings is 1. The first-order valence-electron chi connectivity index (χ1n) is 10.1. The normalized spacial score (nSPS) is 12.2. The third-order valence-electron chi connectivity index (χ3n) is 5.09. The second-order valence-electron chi connectivity index (χ2n) is 7.22. The van der Waals surface area contributed by atoms with Crippen molar-refractivity contribution in [3.05, 3.63) is 70.9 Å². The van der Waals surface area contributed by atoms with Gasteiger partial charge in [0.25, 0.3) is 0 Å². The number of aliphatic imine (C=N–C) groups is 1. The minimum absolute atomic E-state index is 0.177. The number of nitrogens with zero attached hydrogens (tertiary/aromatic N) is 2. The van der Waals surface area contributed by atoms with Crippen LogP contribution in [-0.4, -0.2) is 44.2 Å². The maximum atomic E-state index is 11.9. The first-order valence-corrected chi connectivity index (χ1v) is 10.5. The summed E-state index contributed by atoms with van der Waals surface area (Å²) in [5.74, 6) is 0.684. The van der Waals surface area contributed by atoms with Gasteiger partial charge in [-0.1, -0.05) is 23.7 Å². The topological polar surface area (TPSA) is 84.8 Å². The Balaban J connectivity index is 1.51. The molecule has 0 saturated heterocycles. The van der Waals surface area contributed by atoms with E-state index in [-0.39, 0.29) is 6.61 Å². The maximum Gasteiger partial charge on any atom is 0.411 e. The number of rotatable bonds is 7. The number of halogens is 1. The number of hydrogen-bond acceptors (Lipinski definition) is 6. The first kappa shape index (κ1) is 21.8. The van der Waals surface area contributed by atoms with Gasteiger partial charge in [0.2, 0.25) is 0 Å². The van der Waals surface area contributed by atoms with E-state index in [0.717, 1.165) is 33.7 Å². The molecule has 1 aliphatic heterocycles. The van der Waals surface area contributed by atoms with Gasteiger partial charge < -0.3 is 14.8 Å². The van der Waals surface area contributed by atoms with E-state index in [1.807, 2.05) is 25.4 Å². The molecule has 0 fully saturated rings. The molecule has 1 aliphatic rings. The van der Waals surface area contributed by atoms with Gasteiger partial charge >= 0.3 is 6.09 Å². The molecule has 1 amide bonds. The summed E-state index contributed by atoms with van der Waals surface area (Å²) >= 11 is 6.45. The van der Waals surface area contributed by atoms with E-state index in [9.17, 15) is 4.79 Å². The fraction of sp³-hybridized carbons (Fsp3) is 0.208. The number of amides is 1. The number of benzene rings is 2. The van der Waals surface area contributed by atoms with Crippen molar-refractivity contribution in [2.45, 2.75) is 6.42 Å². The number of anilines is 2. The number of ether oxygens (including phenoxy) is 2. The fourth-order valence-corrected chi connectivity index (χ4v) is 3.65. The highest BCUT2D eigenvalue weighted by atomic mass is 35.5. The fourth-order valence-electron chi connectivity index (χ4n) is 3.42. The lowest BCUT2D eigenvalue weighted by Gasteiger charge is -2.10. The van der Waals surface area contributed by atoms with Crippen LogP contribution < -0.4 is 10.6 Å². The summed E-state index contributed by atoms with van der Waals surface area (Å²) in [7, 11) is 3.44. The maximum absolute atomic E-state index is 11.9. The van der Waals surface area contributed by atoms with Gasteiger partial charge in [-0.15, -0.1) is 0 Å². The zero-order valence-corrected chi connectivity index (χ0v) is 18.6. The predicted octanol–water partition coefficient (Wildman–Crippen LogP) is 5.32. The molecule has 1 aromatic heterocycles. The number of carbonyl (C=O) groups excluding carboxylic acids is 1. The van der Waals surface area contributed by atoms with Crippen molar-refractivity contribution in [3.8, 4) is 11.1 Å². The monoisotopic (exact) mass is 450 g/mol. The lowest BCUT2D eigenvalue weighted by Crippen LogP contribution is -2.16. The molecule has 0 unspecified atom stereocenters. The van der Waals surface area contributed by atoms with E-state index in [1.165, 1.54) is 0 Å². The molecule has 2 aromatic carbocycles. The van der Waals surface area contributed by atoms with E-state index in [2.05, 4.69) is 38.8 Å². The third kappa shape index (κ3) is 4.90. The molecule has 0 aliphatic carbocycles. The zero-order valence-electron chi connectivity index (χ0n) is 17.8. The van der Waals surface area contributed by atoms with Crippen molar-refractivity contribution in [3.63, 3.8) is 0 Å². The zero-order chi connectivity index (χ0) is 22.5. The van der Waals surface area contributed by atoms with Crippen LogP contribution in [0, 0.1) is 0 Å². The summed E-state index contributed by atoms with van der Waals surface area (Å²) in [5, 5.41) is 6.37. The summed E-state index contributed by atoms with van der Waals surface area (Å²) < 4.78 is 9.93. The van der Waals surface area contributed by atoms with Gasteiger partial charge in [-0.05, 0) is 42.0 Å². The van der Waals surface area contributed by atoms with Crippen LogP contribution in [0.5, 0.6) is 0 Å². The molecule has 3 aromatic rings. The van der Waals surface area contributed by atoms with Crippen molar-refractivity contribution in [2.24, 2.45) is 4.99 Å². The molecule has 0 bridgehead atoms. The van der Waals surface area contributed by atoms with E-state index in [4.69, 9.17) is 21.1 Å². The van der Waals surface area contributed by atoms with Gasteiger partial charge in [0.1, 0.15) is 6.61 Å². The Labute approximate surface area is 191 Å². The van der Waals surface area contributed by atoms with Crippen LogP contribution in [0.3, 0.4) is 0 Å². The minimum atomic E-state index is -0.553. The standard InChI is InChI=1S/C24H23ClN4O3/c1-26-18-5-3-15(4-6-18)17-11-16-12-22(29-23(16)27-14-17)20-13-19(7-8-21(20)25)28-24(30)32-10-9-31-2/h3-8,11,13-14,26H,9-10,12H2,1-2H3,(H,28,30). The SMILES string of the molecule is CNc1ccc(-c2cnc3c(c2)CC(c2cc(NC(=O)OCCOC)ccc2Cl)=N3)cc1. The summed E-state index contributed by atoms with van der Waals surface area (Å²) in [6.45, 7) is 0.513. The molecule has 8 heteroatoms. The van der Waals surface area contributed by atoms with Crippen LogP contribution in [-0.2, 0) is 15.9 Å². The van der Waals surface area contributed by atoms with E-state index < -0.39 is 6.09 Å². The third-order valence-corrected chi connectivity index (χ3v) is 5.42. The highest BCUT2D eigenvalue weighted by Crippen LogP contribution is 2.33. The molecular formula is C24H23ClN4O3. The Hall–Kier alpha value is -3.42. The first-order chi connectivity index (χ1) is 15.6. The number of aromatic nitrogens is 1. The van der Waals surface area contributed by atoms with E-state index in [1.54, 1.807) is 25.3 Å². The molecule has 2 N–H and O–H groups in total. The van der Waals surface area contributed by atoms with Crippen molar-refractivity contribution in [2.75, 3.05) is 38.0 Å². The second kappa shape index (κ2) is 9.80. The number of hydrogen-bond donors (Lipinski definition) is 2. The highest BCUT2D eigenvalue weighted by molar-refractivity contribution is 6.34. The molecule has 32 heavy (non-hydrogen) atoms. The quantitative estimate of drug-likeness (QED) is 0.476. The van der Waals surface area contributed by atoms with Crippen LogP contribution in [0.15, 0.2) is 59.7 Å². The van der Waals surface area contributed by atoms with Gasteiger partial charge in [0.05, 0.1) is 12.3 Å². The van der Waals surface area contributed by atoms with Crippen molar-refractivity contribution in [1.29, 1.82) is 0 Å². The molecule has 0 saturated carbocycles. The Bertz CT molecular complexity index is 1160. The number of methoxy groups -OCH3 is 1. The Morgan fingerprint density at radius 1 is 1.06 bits per heavy atom. The summed E-state index contributed by atoms with van der Waals surface area (Å²) in [6.07, 6.45) is 1.88. The molecule has 0 radical (unpaired) electrons. The van der Waals surface area contributed by atoms with Gasteiger partial charge in [-0.25, -0.2) is 14.8 Å². The van der Waals surface area contributed by atoms with Crippen molar-refractivity contribution < 1.29 is 14.3 Å². The lowest BCUT2D eigenvalue weighted by molar-refractivity contribution is 0.107.